The molecule has 0 saturated heterocycles. The lowest BCUT2D eigenvalue weighted by Gasteiger charge is -2.14. The number of carbonyl (C=O) groups is 2. The van der Waals surface area contributed by atoms with Crippen molar-refractivity contribution in [3.63, 3.8) is 0 Å². The van der Waals surface area contributed by atoms with Gasteiger partial charge in [-0.05, 0) is 37.0 Å². The second kappa shape index (κ2) is 11.1. The molecule has 1 amide bonds. The first-order valence-electron chi connectivity index (χ1n) is 10.3. The van der Waals surface area contributed by atoms with Gasteiger partial charge in [-0.3, -0.25) is 14.9 Å². The molecule has 2 aromatic carbocycles. The van der Waals surface area contributed by atoms with Crippen molar-refractivity contribution >= 4 is 46.3 Å². The highest BCUT2D eigenvalue weighted by Gasteiger charge is 2.21. The summed E-state index contributed by atoms with van der Waals surface area (Å²) in [6.45, 7) is 5.33. The van der Waals surface area contributed by atoms with Gasteiger partial charge in [-0.25, -0.2) is 9.78 Å². The number of hydrogen-bond donors (Lipinski definition) is 1. The van der Waals surface area contributed by atoms with Gasteiger partial charge >= 0.3 is 5.97 Å². The molecule has 0 radical (unpaired) electrons. The summed E-state index contributed by atoms with van der Waals surface area (Å²) in [5.41, 5.74) is 3.32. The maximum Gasteiger partial charge on any atom is 0.340 e. The number of ether oxygens (including phenoxy) is 1. The van der Waals surface area contributed by atoms with E-state index in [2.05, 4.69) is 10.3 Å². The molecule has 0 spiro atoms. The molecule has 0 unspecified atom stereocenters. The highest BCUT2D eigenvalue weighted by Crippen LogP contribution is 2.34. The van der Waals surface area contributed by atoms with Crippen molar-refractivity contribution in [1.29, 1.82) is 0 Å². The number of aryl methyl sites for hydroxylation is 3. The van der Waals surface area contributed by atoms with Crippen LogP contribution in [-0.4, -0.2) is 28.4 Å². The average molecular weight is 486 g/mol. The molecule has 0 saturated carbocycles. The van der Waals surface area contributed by atoms with Gasteiger partial charge in [-0.1, -0.05) is 43.8 Å². The van der Waals surface area contributed by atoms with Crippen molar-refractivity contribution in [1.82, 2.24) is 4.98 Å². The fraction of sp³-hybridized carbons (Fsp3) is 0.261. The number of thiazole rings is 1. The summed E-state index contributed by atoms with van der Waals surface area (Å²) >= 11 is 2.62. The molecular weight excluding hydrogens is 462 g/mol. The van der Waals surface area contributed by atoms with Crippen molar-refractivity contribution in [2.45, 2.75) is 42.8 Å². The maximum atomic E-state index is 12.8. The first-order valence-corrected chi connectivity index (χ1v) is 12.0. The van der Waals surface area contributed by atoms with Crippen molar-refractivity contribution in [3.05, 3.63) is 74.3 Å². The topological polar surface area (TPSA) is 111 Å². The molecule has 8 nitrogen and oxygen atoms in total. The van der Waals surface area contributed by atoms with Crippen LogP contribution in [0.1, 0.15) is 41.0 Å². The number of nitro benzene ring substituents is 1. The van der Waals surface area contributed by atoms with Crippen molar-refractivity contribution in [2.75, 3.05) is 11.9 Å². The van der Waals surface area contributed by atoms with Gasteiger partial charge < -0.3 is 10.1 Å². The molecule has 3 rings (SSSR count). The second-order valence-electron chi connectivity index (χ2n) is 7.08. The molecule has 0 bridgehead atoms. The van der Waals surface area contributed by atoms with E-state index in [4.69, 9.17) is 4.74 Å². The zero-order chi connectivity index (χ0) is 24.0. The van der Waals surface area contributed by atoms with E-state index in [0.717, 1.165) is 41.4 Å². The average Bonchev–Trinajstić information content (AvgIpc) is 3.22. The minimum absolute atomic E-state index is 0.0121. The highest BCUT2D eigenvalue weighted by atomic mass is 32.2. The molecule has 1 N–H and O–H groups in total. The van der Waals surface area contributed by atoms with Crippen LogP contribution in [0.3, 0.4) is 0 Å². The van der Waals surface area contributed by atoms with E-state index < -0.39 is 23.4 Å². The van der Waals surface area contributed by atoms with Gasteiger partial charge in [0, 0.05) is 33.8 Å². The predicted molar refractivity (Wildman–Crippen MR) is 128 cm³/mol. The van der Waals surface area contributed by atoms with E-state index >= 15 is 0 Å². The molecule has 0 fully saturated rings. The number of carbonyl (C=O) groups excluding carboxylic acids is 2. The fourth-order valence-electron chi connectivity index (χ4n) is 3.14. The number of hydrogen-bond acceptors (Lipinski definition) is 8. The first-order chi connectivity index (χ1) is 15.8. The minimum Gasteiger partial charge on any atom is -0.452 e. The predicted octanol–water partition coefficient (Wildman–Crippen LogP) is 5.43. The second-order valence-corrected chi connectivity index (χ2v) is 9.22. The van der Waals surface area contributed by atoms with Gasteiger partial charge in [-0.2, -0.15) is 0 Å². The van der Waals surface area contributed by atoms with Gasteiger partial charge in [0.2, 0.25) is 0 Å². The molecule has 1 heterocycles. The normalized spacial score (nSPS) is 10.6. The van der Waals surface area contributed by atoms with E-state index in [0.29, 0.717) is 9.24 Å². The number of anilines is 1. The summed E-state index contributed by atoms with van der Waals surface area (Å²) in [7, 11) is 0. The Morgan fingerprint density at radius 3 is 2.45 bits per heavy atom. The number of nitro groups is 1. The summed E-state index contributed by atoms with van der Waals surface area (Å²) in [6, 6.07) is 9.78. The Bertz CT molecular complexity index is 1170. The van der Waals surface area contributed by atoms with Gasteiger partial charge in [0.25, 0.3) is 11.6 Å². The Balaban J connectivity index is 1.76. The fourth-order valence-corrected chi connectivity index (χ4v) is 5.03. The Hall–Kier alpha value is -3.24. The maximum absolute atomic E-state index is 12.8. The molecule has 0 aliphatic rings. The summed E-state index contributed by atoms with van der Waals surface area (Å²) in [6.07, 6.45) is 1.49. The van der Waals surface area contributed by atoms with Crippen molar-refractivity contribution in [3.8, 4) is 0 Å². The van der Waals surface area contributed by atoms with Crippen molar-refractivity contribution in [2.24, 2.45) is 0 Å². The number of nitrogens with zero attached hydrogens (tertiary/aromatic N) is 2. The number of benzene rings is 2. The zero-order valence-electron chi connectivity index (χ0n) is 18.4. The van der Waals surface area contributed by atoms with Crippen LogP contribution >= 0.6 is 23.1 Å². The van der Waals surface area contributed by atoms with E-state index in [9.17, 15) is 19.7 Å². The van der Waals surface area contributed by atoms with Crippen LogP contribution in [0.25, 0.3) is 0 Å². The third-order valence-electron chi connectivity index (χ3n) is 4.79. The Labute approximate surface area is 199 Å². The summed E-state index contributed by atoms with van der Waals surface area (Å²) in [5, 5.41) is 15.9. The SMILES string of the molecule is CCc1cccc(CC)c1NC(=O)COC(=O)c1cc([N+](=O)[O-])ccc1Sc1nc(C)cs1. The lowest BCUT2D eigenvalue weighted by atomic mass is 10.0. The van der Waals surface area contributed by atoms with Crippen LogP contribution in [0.15, 0.2) is 51.0 Å². The van der Waals surface area contributed by atoms with Gasteiger partial charge in [-0.15, -0.1) is 11.3 Å². The lowest BCUT2D eigenvalue weighted by molar-refractivity contribution is -0.384. The number of rotatable bonds is 9. The molecule has 0 atom stereocenters. The standard InChI is InChI=1S/C23H23N3O5S2/c1-4-15-7-6-8-16(5-2)21(15)25-20(27)12-31-22(28)18-11-17(26(29)30)9-10-19(18)33-23-24-14(3)13-32-23/h6-11,13H,4-5,12H2,1-3H3,(H,25,27). The number of non-ortho nitro benzene ring substituents is 1. The first kappa shape index (κ1) is 24.4. The van der Waals surface area contributed by atoms with E-state index in [1.54, 1.807) is 0 Å². The number of para-hydroxylation sites is 1. The Morgan fingerprint density at radius 2 is 1.88 bits per heavy atom. The van der Waals surface area contributed by atoms with Crippen LogP contribution in [0.2, 0.25) is 0 Å². The molecule has 172 valence electrons. The molecule has 1 aromatic heterocycles. The summed E-state index contributed by atoms with van der Waals surface area (Å²) in [4.78, 5) is 40.8. The zero-order valence-corrected chi connectivity index (χ0v) is 20.0. The summed E-state index contributed by atoms with van der Waals surface area (Å²) < 4.78 is 5.91. The van der Waals surface area contributed by atoms with Crippen LogP contribution in [0, 0.1) is 17.0 Å². The number of nitrogens with one attached hydrogen (secondary N) is 1. The van der Waals surface area contributed by atoms with Crippen molar-refractivity contribution < 1.29 is 19.2 Å². The van der Waals surface area contributed by atoms with Gasteiger partial charge in [0.15, 0.2) is 10.9 Å². The molecule has 0 aliphatic carbocycles. The van der Waals surface area contributed by atoms with E-state index in [-0.39, 0.29) is 11.3 Å². The molecule has 3 aromatic rings. The quantitative estimate of drug-likeness (QED) is 0.244. The molecule has 10 heteroatoms. The smallest absolute Gasteiger partial charge is 0.340 e. The van der Waals surface area contributed by atoms with Crippen LogP contribution < -0.4 is 5.32 Å². The number of aromatic nitrogens is 1. The number of amides is 1. The number of esters is 1. The Morgan fingerprint density at radius 1 is 1.18 bits per heavy atom. The van der Waals surface area contributed by atoms with Gasteiger partial charge in [0.1, 0.15) is 0 Å². The third-order valence-corrected chi connectivity index (χ3v) is 6.92. The van der Waals surface area contributed by atoms with E-state index in [1.165, 1.54) is 35.2 Å². The van der Waals surface area contributed by atoms with E-state index in [1.807, 2.05) is 44.4 Å². The summed E-state index contributed by atoms with van der Waals surface area (Å²) in [5.74, 6) is -1.29. The minimum atomic E-state index is -0.816. The van der Waals surface area contributed by atoms with Crippen LogP contribution in [0.5, 0.6) is 0 Å². The molecule has 0 aliphatic heterocycles. The van der Waals surface area contributed by atoms with Crippen LogP contribution in [0.4, 0.5) is 11.4 Å². The molecular formula is C23H23N3O5S2. The third kappa shape index (κ3) is 6.17. The highest BCUT2D eigenvalue weighted by molar-refractivity contribution is 8.01. The monoisotopic (exact) mass is 485 g/mol. The Kier molecular flexibility index (Phi) is 8.18. The van der Waals surface area contributed by atoms with Crippen LogP contribution in [-0.2, 0) is 22.4 Å². The largest absolute Gasteiger partial charge is 0.452 e. The molecule has 33 heavy (non-hydrogen) atoms. The lowest BCUT2D eigenvalue weighted by Crippen LogP contribution is -2.22. The van der Waals surface area contributed by atoms with Gasteiger partial charge in [0.05, 0.1) is 10.5 Å².